The molecule has 1 saturated carbocycles. The van der Waals surface area contributed by atoms with Crippen molar-refractivity contribution in [2.45, 2.75) is 50.7 Å². The Morgan fingerprint density at radius 1 is 1.19 bits per heavy atom. The number of furan rings is 1. The van der Waals surface area contributed by atoms with Crippen molar-refractivity contribution in [1.82, 2.24) is 10.6 Å². The van der Waals surface area contributed by atoms with E-state index in [-0.39, 0.29) is 30.1 Å². The van der Waals surface area contributed by atoms with E-state index in [2.05, 4.69) is 28.1 Å². The first-order valence-electron chi connectivity index (χ1n) is 9.07. The third kappa shape index (κ3) is 7.28. The van der Waals surface area contributed by atoms with Gasteiger partial charge in [-0.05, 0) is 49.3 Å². The van der Waals surface area contributed by atoms with Crippen molar-refractivity contribution in [3.8, 4) is 0 Å². The number of rotatable bonds is 7. The van der Waals surface area contributed by atoms with Crippen molar-refractivity contribution >= 4 is 41.3 Å². The molecule has 0 aromatic carbocycles. The molecule has 144 valence electrons. The number of hydrogen-bond acceptors (Lipinski definition) is 4. The van der Waals surface area contributed by atoms with Crippen molar-refractivity contribution in [2.75, 3.05) is 13.1 Å². The van der Waals surface area contributed by atoms with Crippen LogP contribution in [0.2, 0.25) is 0 Å². The van der Waals surface area contributed by atoms with E-state index in [1.165, 1.54) is 4.88 Å². The molecule has 0 saturated heterocycles. The van der Waals surface area contributed by atoms with Crippen LogP contribution in [0.4, 0.5) is 0 Å². The fraction of sp³-hybridized carbons (Fsp3) is 0.526. The minimum absolute atomic E-state index is 0. The second-order valence-electron chi connectivity index (χ2n) is 6.47. The summed E-state index contributed by atoms with van der Waals surface area (Å²) in [5.74, 6) is 1.84. The molecule has 0 radical (unpaired) electrons. The molecule has 0 amide bonds. The van der Waals surface area contributed by atoms with Gasteiger partial charge in [-0.1, -0.05) is 6.07 Å². The van der Waals surface area contributed by atoms with Crippen molar-refractivity contribution in [3.63, 3.8) is 0 Å². The highest BCUT2D eigenvalue weighted by molar-refractivity contribution is 14.0. The van der Waals surface area contributed by atoms with Gasteiger partial charge >= 0.3 is 0 Å². The lowest BCUT2D eigenvalue weighted by molar-refractivity contribution is 0.120. The van der Waals surface area contributed by atoms with Crippen molar-refractivity contribution < 1.29 is 9.52 Å². The molecule has 3 rings (SSSR count). The molecular weight excluding hydrogens is 461 g/mol. The smallest absolute Gasteiger partial charge is 0.191 e. The van der Waals surface area contributed by atoms with Crippen molar-refractivity contribution in [3.05, 3.63) is 46.5 Å². The van der Waals surface area contributed by atoms with Gasteiger partial charge in [0.1, 0.15) is 5.76 Å². The summed E-state index contributed by atoms with van der Waals surface area (Å²) in [6.07, 6.45) is 7.09. The lowest BCUT2D eigenvalue weighted by Crippen LogP contribution is -2.46. The van der Waals surface area contributed by atoms with Crippen LogP contribution in [-0.2, 0) is 12.8 Å². The van der Waals surface area contributed by atoms with Gasteiger partial charge in [0.25, 0.3) is 0 Å². The minimum Gasteiger partial charge on any atom is -0.469 e. The third-order valence-corrected chi connectivity index (χ3v) is 5.43. The highest BCUT2D eigenvalue weighted by Gasteiger charge is 2.20. The Labute approximate surface area is 176 Å². The van der Waals surface area contributed by atoms with Crippen LogP contribution in [0.5, 0.6) is 0 Å². The van der Waals surface area contributed by atoms with E-state index in [1.807, 2.05) is 12.1 Å². The van der Waals surface area contributed by atoms with Crippen molar-refractivity contribution in [2.24, 2.45) is 4.99 Å². The van der Waals surface area contributed by atoms with E-state index in [9.17, 15) is 5.11 Å². The maximum absolute atomic E-state index is 9.67. The predicted octanol–water partition coefficient (Wildman–Crippen LogP) is 3.58. The summed E-state index contributed by atoms with van der Waals surface area (Å²) in [5, 5.41) is 18.7. The Morgan fingerprint density at radius 2 is 2.04 bits per heavy atom. The zero-order valence-electron chi connectivity index (χ0n) is 14.9. The molecule has 5 nitrogen and oxygen atoms in total. The number of nitrogens with one attached hydrogen (secondary N) is 2. The highest BCUT2D eigenvalue weighted by Crippen LogP contribution is 2.18. The summed E-state index contributed by atoms with van der Waals surface area (Å²) in [5.41, 5.74) is 0. The number of aliphatic hydroxyl groups is 1. The Morgan fingerprint density at radius 3 is 2.73 bits per heavy atom. The van der Waals surface area contributed by atoms with E-state index in [0.29, 0.717) is 6.04 Å². The number of aliphatic hydroxyl groups excluding tert-OH is 1. The molecule has 1 aliphatic rings. The van der Waals surface area contributed by atoms with Gasteiger partial charge in [-0.2, -0.15) is 0 Å². The van der Waals surface area contributed by atoms with Gasteiger partial charge in [0.2, 0.25) is 0 Å². The first-order valence-corrected chi connectivity index (χ1v) is 9.95. The molecule has 2 heterocycles. The average Bonchev–Trinajstić information content (AvgIpc) is 3.30. The van der Waals surface area contributed by atoms with Gasteiger partial charge in [0.15, 0.2) is 5.96 Å². The van der Waals surface area contributed by atoms with E-state index in [0.717, 1.165) is 63.3 Å². The van der Waals surface area contributed by atoms with E-state index < -0.39 is 0 Å². The summed E-state index contributed by atoms with van der Waals surface area (Å²) in [6.45, 7) is 1.56. The van der Waals surface area contributed by atoms with Crippen LogP contribution in [0, 0.1) is 0 Å². The van der Waals surface area contributed by atoms with Crippen LogP contribution in [-0.4, -0.2) is 36.3 Å². The number of hydrogen-bond donors (Lipinski definition) is 3. The largest absolute Gasteiger partial charge is 0.469 e. The maximum atomic E-state index is 9.67. The van der Waals surface area contributed by atoms with Gasteiger partial charge in [0.05, 0.1) is 12.4 Å². The SMILES string of the molecule is I.OC1CCC(NC(=NCCc2cccs2)NCCc2ccco2)CC1. The van der Waals surface area contributed by atoms with Gasteiger partial charge in [-0.25, -0.2) is 0 Å². The molecule has 2 aromatic rings. The molecule has 0 atom stereocenters. The Hall–Kier alpha value is -1.06. The molecule has 2 aromatic heterocycles. The summed E-state index contributed by atoms with van der Waals surface area (Å²) >= 11 is 1.78. The fourth-order valence-corrected chi connectivity index (χ4v) is 3.76. The molecule has 0 bridgehead atoms. The number of guanidine groups is 1. The average molecular weight is 489 g/mol. The summed E-state index contributed by atoms with van der Waals surface area (Å²) in [6, 6.07) is 8.53. The summed E-state index contributed by atoms with van der Waals surface area (Å²) in [4.78, 5) is 6.10. The lowest BCUT2D eigenvalue weighted by Gasteiger charge is -2.27. The quantitative estimate of drug-likeness (QED) is 0.316. The van der Waals surface area contributed by atoms with E-state index >= 15 is 0 Å². The minimum atomic E-state index is -0.135. The van der Waals surface area contributed by atoms with Gasteiger partial charge < -0.3 is 20.2 Å². The van der Waals surface area contributed by atoms with Crippen LogP contribution in [0.15, 0.2) is 45.3 Å². The molecule has 0 spiro atoms. The number of nitrogens with zero attached hydrogens (tertiary/aromatic N) is 1. The molecule has 1 fully saturated rings. The number of thiophene rings is 1. The second-order valence-corrected chi connectivity index (χ2v) is 7.50. The standard InChI is InChI=1S/C19H27N3O2S.HI/c23-16-7-5-15(6-8-16)22-19(20-11-9-17-3-1-13-24-17)21-12-10-18-4-2-14-25-18;/h1-4,13-16,23H,5-12H2,(H2,20,21,22);1H. The molecule has 26 heavy (non-hydrogen) atoms. The number of aliphatic imine (C=N–C) groups is 1. The van der Waals surface area contributed by atoms with Crippen LogP contribution in [0.1, 0.15) is 36.3 Å². The fourth-order valence-electron chi connectivity index (χ4n) is 3.06. The van der Waals surface area contributed by atoms with Crippen LogP contribution >= 0.6 is 35.3 Å². The molecule has 0 aliphatic heterocycles. The number of halogens is 1. The Balaban J connectivity index is 0.00000243. The van der Waals surface area contributed by atoms with Crippen LogP contribution in [0.3, 0.4) is 0 Å². The topological polar surface area (TPSA) is 69.8 Å². The second kappa shape index (κ2) is 11.6. The van der Waals surface area contributed by atoms with Crippen LogP contribution < -0.4 is 10.6 Å². The summed E-state index contributed by atoms with van der Waals surface area (Å²) < 4.78 is 5.38. The summed E-state index contributed by atoms with van der Waals surface area (Å²) in [7, 11) is 0. The van der Waals surface area contributed by atoms with E-state index in [4.69, 9.17) is 9.41 Å². The maximum Gasteiger partial charge on any atom is 0.191 e. The monoisotopic (exact) mass is 489 g/mol. The normalized spacial score (nSPS) is 20.4. The lowest BCUT2D eigenvalue weighted by atomic mass is 9.93. The van der Waals surface area contributed by atoms with Gasteiger partial charge in [-0.15, -0.1) is 35.3 Å². The Bertz CT molecular complexity index is 623. The first-order chi connectivity index (χ1) is 12.3. The first kappa shape index (κ1) is 21.2. The zero-order chi connectivity index (χ0) is 17.3. The van der Waals surface area contributed by atoms with Crippen molar-refractivity contribution in [1.29, 1.82) is 0 Å². The Kier molecular flexibility index (Phi) is 9.49. The van der Waals surface area contributed by atoms with Gasteiger partial charge in [-0.3, -0.25) is 4.99 Å². The molecule has 7 heteroatoms. The van der Waals surface area contributed by atoms with Gasteiger partial charge in [0, 0.05) is 36.9 Å². The zero-order valence-corrected chi connectivity index (χ0v) is 18.0. The molecular formula is C19H28IN3O2S. The molecule has 1 aliphatic carbocycles. The van der Waals surface area contributed by atoms with Crippen LogP contribution in [0.25, 0.3) is 0 Å². The predicted molar refractivity (Wildman–Crippen MR) is 118 cm³/mol. The molecule has 0 unspecified atom stereocenters. The van der Waals surface area contributed by atoms with E-state index in [1.54, 1.807) is 17.6 Å². The molecule has 3 N–H and O–H groups in total. The highest BCUT2D eigenvalue weighted by atomic mass is 127. The third-order valence-electron chi connectivity index (χ3n) is 4.49.